The van der Waals surface area contributed by atoms with Crippen molar-refractivity contribution >= 4 is 29.5 Å². The standard InChI is InChI=1S/C33H42N8O7/c1-19(2)13-25-31(45)38-26(15-23-9-7-6-8-10-23)30(44)34-11-12-40(28(42)18-41-21(4)14-20(3)35-33(41)47)17-24-16-27(39-48-24)32(46)36-22(5)29(43)37-25/h6-10,14,16,19,22,25-26H,11-13,15,17-18H2,1-5H3,(H,34,44)(H,36,46)(H,37,43)(H,38,45)/t22-,25-,26-/m1/s1. The molecule has 256 valence electrons. The van der Waals surface area contributed by atoms with Gasteiger partial charge in [-0.1, -0.05) is 49.3 Å². The summed E-state index contributed by atoms with van der Waals surface area (Å²) in [5.41, 5.74) is 1.16. The van der Waals surface area contributed by atoms with Gasteiger partial charge >= 0.3 is 5.69 Å². The number of rotatable bonds is 6. The Morgan fingerprint density at radius 1 is 0.958 bits per heavy atom. The number of nitrogens with one attached hydrogen (secondary N) is 4. The number of aryl methyl sites for hydroxylation is 2. The Balaban J connectivity index is 1.65. The zero-order valence-corrected chi connectivity index (χ0v) is 27.7. The molecule has 5 amide bonds. The topological polar surface area (TPSA) is 198 Å². The molecule has 15 heteroatoms. The van der Waals surface area contributed by atoms with Crippen molar-refractivity contribution in [2.24, 2.45) is 5.92 Å². The van der Waals surface area contributed by atoms with Crippen LogP contribution in [0.15, 0.2) is 51.8 Å². The third kappa shape index (κ3) is 9.59. The molecule has 15 nitrogen and oxygen atoms in total. The summed E-state index contributed by atoms with van der Waals surface area (Å²) in [6.45, 7) is 8.14. The van der Waals surface area contributed by atoms with Crippen molar-refractivity contribution < 1.29 is 28.5 Å². The van der Waals surface area contributed by atoms with Crippen LogP contribution in [0.5, 0.6) is 0 Å². The monoisotopic (exact) mass is 662 g/mol. The van der Waals surface area contributed by atoms with Crippen LogP contribution in [0.1, 0.15) is 60.4 Å². The summed E-state index contributed by atoms with van der Waals surface area (Å²) < 4.78 is 6.60. The van der Waals surface area contributed by atoms with E-state index in [-0.39, 0.29) is 56.4 Å². The number of benzene rings is 1. The van der Waals surface area contributed by atoms with Crippen LogP contribution in [0.25, 0.3) is 0 Å². The molecule has 2 aromatic heterocycles. The van der Waals surface area contributed by atoms with Crippen LogP contribution < -0.4 is 27.0 Å². The van der Waals surface area contributed by atoms with E-state index in [0.29, 0.717) is 11.4 Å². The van der Waals surface area contributed by atoms with Crippen molar-refractivity contribution in [1.29, 1.82) is 0 Å². The van der Waals surface area contributed by atoms with Gasteiger partial charge in [0.05, 0.1) is 6.54 Å². The average molecular weight is 663 g/mol. The van der Waals surface area contributed by atoms with Crippen molar-refractivity contribution in [3.05, 3.63) is 81.4 Å². The van der Waals surface area contributed by atoms with Gasteiger partial charge in [-0.05, 0) is 44.7 Å². The Morgan fingerprint density at radius 2 is 1.67 bits per heavy atom. The van der Waals surface area contributed by atoms with Gasteiger partial charge in [0.2, 0.25) is 23.6 Å². The molecular weight excluding hydrogens is 620 g/mol. The fourth-order valence-corrected chi connectivity index (χ4v) is 5.28. The zero-order chi connectivity index (χ0) is 35.0. The molecule has 48 heavy (non-hydrogen) atoms. The molecule has 0 saturated carbocycles. The van der Waals surface area contributed by atoms with Crippen LogP contribution >= 0.6 is 0 Å². The summed E-state index contributed by atoms with van der Waals surface area (Å²) in [4.78, 5) is 84.7. The van der Waals surface area contributed by atoms with Gasteiger partial charge < -0.3 is 30.7 Å². The lowest BCUT2D eigenvalue weighted by atomic mass is 10.0. The van der Waals surface area contributed by atoms with Crippen molar-refractivity contribution in [2.75, 3.05) is 13.1 Å². The van der Waals surface area contributed by atoms with Crippen LogP contribution in [0, 0.1) is 19.8 Å². The van der Waals surface area contributed by atoms with E-state index >= 15 is 0 Å². The molecule has 0 unspecified atom stereocenters. The van der Waals surface area contributed by atoms with Crippen molar-refractivity contribution in [2.45, 2.75) is 78.7 Å². The van der Waals surface area contributed by atoms with Crippen LogP contribution in [-0.4, -0.2) is 80.4 Å². The maximum Gasteiger partial charge on any atom is 0.348 e. The molecule has 0 radical (unpaired) electrons. The Morgan fingerprint density at radius 3 is 2.35 bits per heavy atom. The third-order valence-corrected chi connectivity index (χ3v) is 7.81. The molecular formula is C33H42N8O7. The fourth-order valence-electron chi connectivity index (χ4n) is 5.28. The first-order chi connectivity index (χ1) is 22.8. The fraction of sp³-hybridized carbons (Fsp3) is 0.455. The molecule has 3 atom stereocenters. The zero-order valence-electron chi connectivity index (χ0n) is 27.7. The number of fused-ring (bicyclic) bond motifs is 2. The highest BCUT2D eigenvalue weighted by Crippen LogP contribution is 2.12. The second-order valence-corrected chi connectivity index (χ2v) is 12.3. The summed E-state index contributed by atoms with van der Waals surface area (Å²) in [5.74, 6) is -2.66. The predicted octanol–water partition coefficient (Wildman–Crippen LogP) is 0.383. The van der Waals surface area contributed by atoms with Gasteiger partial charge in [-0.25, -0.2) is 4.79 Å². The first-order valence-corrected chi connectivity index (χ1v) is 15.8. The molecule has 1 aliphatic heterocycles. The highest BCUT2D eigenvalue weighted by molar-refractivity contribution is 5.97. The Hall–Kier alpha value is -5.34. The maximum atomic E-state index is 13.6. The summed E-state index contributed by atoms with van der Waals surface area (Å²) in [6, 6.07) is 9.12. The molecule has 1 aromatic carbocycles. The predicted molar refractivity (Wildman–Crippen MR) is 173 cm³/mol. The van der Waals surface area contributed by atoms with Gasteiger partial charge in [-0.15, -0.1) is 0 Å². The molecule has 1 aliphatic rings. The number of hydrogen-bond acceptors (Lipinski definition) is 9. The second kappa shape index (κ2) is 16.0. The van der Waals surface area contributed by atoms with E-state index in [1.807, 2.05) is 44.2 Å². The summed E-state index contributed by atoms with van der Waals surface area (Å²) in [5, 5.41) is 14.7. The molecule has 3 heterocycles. The smallest absolute Gasteiger partial charge is 0.348 e. The number of carbonyl (C=O) groups is 5. The van der Waals surface area contributed by atoms with Gasteiger partial charge in [-0.2, -0.15) is 4.98 Å². The van der Waals surface area contributed by atoms with Crippen LogP contribution in [-0.2, 0) is 38.7 Å². The van der Waals surface area contributed by atoms with Gasteiger partial charge in [-0.3, -0.25) is 28.5 Å². The molecule has 0 fully saturated rings. The summed E-state index contributed by atoms with van der Waals surface area (Å²) >= 11 is 0. The van der Waals surface area contributed by atoms with Gasteiger partial charge in [0, 0.05) is 37.0 Å². The first-order valence-electron chi connectivity index (χ1n) is 15.8. The normalized spacial score (nSPS) is 19.9. The maximum absolute atomic E-state index is 13.6. The van der Waals surface area contributed by atoms with Crippen LogP contribution in [0.2, 0.25) is 0 Å². The SMILES string of the molecule is Cc1cc(C)n(CC(=O)N2CCNC(=O)[C@@H](Cc3ccccc3)NC(=O)[C@@H](CC(C)C)NC(=O)[C@@H](C)NC(=O)c3cc(on3)C2)c(=O)n1. The number of carbonyl (C=O) groups excluding carboxylic acids is 5. The molecule has 4 N–H and O–H groups in total. The average Bonchev–Trinajstić information content (AvgIpc) is 3.50. The van der Waals surface area contributed by atoms with Crippen molar-refractivity contribution in [3.63, 3.8) is 0 Å². The summed E-state index contributed by atoms with van der Waals surface area (Å²) in [7, 11) is 0. The first kappa shape index (κ1) is 35.5. The minimum Gasteiger partial charge on any atom is -0.359 e. The van der Waals surface area contributed by atoms with Gasteiger partial charge in [0.1, 0.15) is 24.7 Å². The van der Waals surface area contributed by atoms with E-state index in [9.17, 15) is 28.8 Å². The van der Waals surface area contributed by atoms with Crippen LogP contribution in [0.4, 0.5) is 0 Å². The van der Waals surface area contributed by atoms with Crippen molar-refractivity contribution in [1.82, 2.24) is 40.9 Å². The molecule has 3 aromatic rings. The Labute approximate surface area is 277 Å². The number of amides is 5. The summed E-state index contributed by atoms with van der Waals surface area (Å²) in [6.07, 6.45) is 0.444. The molecule has 0 saturated heterocycles. The quantitative estimate of drug-likeness (QED) is 0.288. The molecule has 4 rings (SSSR count). The third-order valence-electron chi connectivity index (χ3n) is 7.81. The Bertz CT molecular complexity index is 1700. The van der Waals surface area contributed by atoms with E-state index in [0.717, 1.165) is 5.56 Å². The lowest BCUT2D eigenvalue weighted by Crippen LogP contribution is -2.57. The highest BCUT2D eigenvalue weighted by atomic mass is 16.5. The van der Waals surface area contributed by atoms with E-state index in [1.54, 1.807) is 19.9 Å². The van der Waals surface area contributed by atoms with Gasteiger partial charge in [0.25, 0.3) is 5.91 Å². The van der Waals surface area contributed by atoms with E-state index in [1.165, 1.54) is 22.5 Å². The second-order valence-electron chi connectivity index (χ2n) is 12.3. The lowest BCUT2D eigenvalue weighted by molar-refractivity contribution is -0.134. The highest BCUT2D eigenvalue weighted by Gasteiger charge is 2.30. The number of hydrogen-bond donors (Lipinski definition) is 4. The number of aromatic nitrogens is 3. The Kier molecular flexibility index (Phi) is 11.8. The minimum absolute atomic E-state index is 0.00500. The van der Waals surface area contributed by atoms with E-state index < -0.39 is 53.4 Å². The largest absolute Gasteiger partial charge is 0.359 e. The van der Waals surface area contributed by atoms with Crippen molar-refractivity contribution in [3.8, 4) is 0 Å². The minimum atomic E-state index is -1.05. The number of nitrogens with zero attached hydrogens (tertiary/aromatic N) is 4. The van der Waals surface area contributed by atoms with Gasteiger partial charge in [0.15, 0.2) is 11.5 Å². The van der Waals surface area contributed by atoms with E-state index in [2.05, 4.69) is 31.4 Å². The molecule has 0 aliphatic carbocycles. The van der Waals surface area contributed by atoms with E-state index in [4.69, 9.17) is 4.52 Å². The molecule has 0 spiro atoms. The molecule has 2 bridgehead atoms. The van der Waals surface area contributed by atoms with Crippen LogP contribution in [0.3, 0.4) is 0 Å². The lowest BCUT2D eigenvalue weighted by Gasteiger charge is -2.26.